The Morgan fingerprint density at radius 1 is 1.37 bits per heavy atom. The molecule has 1 saturated heterocycles. The third-order valence-electron chi connectivity index (χ3n) is 3.78. The second kappa shape index (κ2) is 7.22. The number of likely N-dealkylation sites (tertiary alicyclic amines) is 1. The zero-order valence-corrected chi connectivity index (χ0v) is 12.2. The average Bonchev–Trinajstić information content (AvgIpc) is 2.36. The predicted molar refractivity (Wildman–Crippen MR) is 78.0 cm³/mol. The fourth-order valence-corrected chi connectivity index (χ4v) is 3.09. The molecule has 1 fully saturated rings. The first-order valence-electron chi connectivity index (χ1n) is 7.02. The number of piperidine rings is 1. The van der Waals surface area contributed by atoms with E-state index in [1.54, 1.807) is 6.07 Å². The quantitative estimate of drug-likeness (QED) is 0.891. The van der Waals surface area contributed by atoms with E-state index >= 15 is 0 Å². The van der Waals surface area contributed by atoms with Gasteiger partial charge in [0.05, 0.1) is 0 Å². The third-order valence-corrected chi connectivity index (χ3v) is 4.00. The topological polar surface area (TPSA) is 15.3 Å². The van der Waals surface area contributed by atoms with Gasteiger partial charge >= 0.3 is 0 Å². The van der Waals surface area contributed by atoms with E-state index < -0.39 is 0 Å². The molecule has 0 amide bonds. The molecule has 0 saturated carbocycles. The Morgan fingerprint density at radius 3 is 2.95 bits per heavy atom. The van der Waals surface area contributed by atoms with Gasteiger partial charge in [0, 0.05) is 17.6 Å². The van der Waals surface area contributed by atoms with Gasteiger partial charge < -0.3 is 5.32 Å². The van der Waals surface area contributed by atoms with Crippen molar-refractivity contribution in [2.75, 3.05) is 20.1 Å². The number of nitrogens with one attached hydrogen (secondary N) is 1. The molecule has 0 bridgehead atoms. The van der Waals surface area contributed by atoms with Gasteiger partial charge in [-0.2, -0.15) is 0 Å². The van der Waals surface area contributed by atoms with Crippen molar-refractivity contribution < 1.29 is 4.39 Å². The molecule has 19 heavy (non-hydrogen) atoms. The molecule has 1 aliphatic heterocycles. The number of benzene rings is 1. The number of halogens is 2. The molecule has 0 aliphatic carbocycles. The van der Waals surface area contributed by atoms with Crippen molar-refractivity contribution in [2.45, 2.75) is 38.3 Å². The van der Waals surface area contributed by atoms with Gasteiger partial charge in [-0.3, -0.25) is 4.90 Å². The van der Waals surface area contributed by atoms with E-state index in [0.717, 1.165) is 31.6 Å². The Morgan fingerprint density at radius 2 is 2.21 bits per heavy atom. The molecule has 1 unspecified atom stereocenters. The first-order valence-corrected chi connectivity index (χ1v) is 7.40. The Bertz CT molecular complexity index is 391. The van der Waals surface area contributed by atoms with Crippen LogP contribution in [0.3, 0.4) is 0 Å². The van der Waals surface area contributed by atoms with Gasteiger partial charge in [-0.1, -0.05) is 18.0 Å². The highest BCUT2D eigenvalue weighted by Gasteiger charge is 2.22. The van der Waals surface area contributed by atoms with Crippen LogP contribution in [0.2, 0.25) is 5.02 Å². The van der Waals surface area contributed by atoms with Gasteiger partial charge in [0.2, 0.25) is 0 Å². The van der Waals surface area contributed by atoms with Crippen LogP contribution < -0.4 is 5.32 Å². The van der Waals surface area contributed by atoms with Crippen molar-refractivity contribution >= 4 is 11.6 Å². The Kier molecular flexibility index (Phi) is 5.61. The average molecular weight is 285 g/mol. The summed E-state index contributed by atoms with van der Waals surface area (Å²) in [7, 11) is 1.99. The molecule has 1 aliphatic rings. The van der Waals surface area contributed by atoms with Gasteiger partial charge in [0.25, 0.3) is 0 Å². The largest absolute Gasteiger partial charge is 0.320 e. The number of hydrogen-bond donors (Lipinski definition) is 1. The summed E-state index contributed by atoms with van der Waals surface area (Å²) >= 11 is 5.92. The second-order valence-corrected chi connectivity index (χ2v) is 5.73. The van der Waals surface area contributed by atoms with Gasteiger partial charge in [0.15, 0.2) is 0 Å². The van der Waals surface area contributed by atoms with Gasteiger partial charge in [0.1, 0.15) is 5.82 Å². The molecular formula is C15H22ClFN2. The molecule has 4 heteroatoms. The molecule has 1 N–H and O–H groups in total. The van der Waals surface area contributed by atoms with E-state index in [4.69, 9.17) is 11.6 Å². The Balaban J connectivity index is 2.01. The third kappa shape index (κ3) is 4.44. The highest BCUT2D eigenvalue weighted by Crippen LogP contribution is 2.23. The van der Waals surface area contributed by atoms with Crippen molar-refractivity contribution in [3.05, 3.63) is 34.6 Å². The van der Waals surface area contributed by atoms with E-state index in [9.17, 15) is 4.39 Å². The lowest BCUT2D eigenvalue weighted by Gasteiger charge is -2.36. The molecule has 1 aromatic rings. The standard InChI is InChI=1S/C15H22ClFN2/c1-18-6-5-15-4-2-3-7-19(15)11-12-8-13(16)10-14(17)9-12/h8-10,15,18H,2-7,11H2,1H3. The summed E-state index contributed by atoms with van der Waals surface area (Å²) in [5.41, 5.74) is 0.973. The second-order valence-electron chi connectivity index (χ2n) is 5.29. The van der Waals surface area contributed by atoms with E-state index in [1.165, 1.54) is 25.3 Å². The molecule has 0 aromatic heterocycles. The van der Waals surface area contributed by atoms with Crippen LogP contribution in [-0.2, 0) is 6.54 Å². The predicted octanol–water partition coefficient (Wildman–Crippen LogP) is 3.44. The van der Waals surface area contributed by atoms with E-state index in [1.807, 2.05) is 13.1 Å². The SMILES string of the molecule is CNCCC1CCCCN1Cc1cc(F)cc(Cl)c1. The van der Waals surface area contributed by atoms with Crippen LogP contribution in [0.25, 0.3) is 0 Å². The fourth-order valence-electron chi connectivity index (χ4n) is 2.84. The van der Waals surface area contributed by atoms with E-state index in [-0.39, 0.29) is 5.82 Å². The molecule has 106 valence electrons. The van der Waals surface area contributed by atoms with Crippen LogP contribution in [0.4, 0.5) is 4.39 Å². The van der Waals surface area contributed by atoms with Crippen LogP contribution in [0.5, 0.6) is 0 Å². The van der Waals surface area contributed by atoms with Crippen LogP contribution >= 0.6 is 11.6 Å². The normalized spacial score (nSPS) is 20.7. The highest BCUT2D eigenvalue weighted by molar-refractivity contribution is 6.30. The van der Waals surface area contributed by atoms with Crippen molar-refractivity contribution in [1.82, 2.24) is 10.2 Å². The maximum atomic E-state index is 13.4. The number of rotatable bonds is 5. The first-order chi connectivity index (χ1) is 9.19. The molecule has 1 atom stereocenters. The summed E-state index contributed by atoms with van der Waals surface area (Å²) in [5, 5.41) is 3.69. The Labute approximate surface area is 119 Å². The molecular weight excluding hydrogens is 263 g/mol. The van der Waals surface area contributed by atoms with E-state index in [0.29, 0.717) is 11.1 Å². The van der Waals surface area contributed by atoms with Crippen molar-refractivity contribution in [3.8, 4) is 0 Å². The summed E-state index contributed by atoms with van der Waals surface area (Å²) < 4.78 is 13.4. The van der Waals surface area contributed by atoms with Crippen molar-refractivity contribution in [1.29, 1.82) is 0 Å². The first kappa shape index (κ1) is 14.8. The van der Waals surface area contributed by atoms with E-state index in [2.05, 4.69) is 10.2 Å². The van der Waals surface area contributed by atoms with Crippen LogP contribution in [0.1, 0.15) is 31.2 Å². The summed E-state index contributed by atoms with van der Waals surface area (Å²) in [5.74, 6) is -0.244. The maximum Gasteiger partial charge on any atom is 0.125 e. The molecule has 2 nitrogen and oxygen atoms in total. The monoisotopic (exact) mass is 284 g/mol. The number of nitrogens with zero attached hydrogens (tertiary/aromatic N) is 1. The van der Waals surface area contributed by atoms with Crippen molar-refractivity contribution in [3.63, 3.8) is 0 Å². The highest BCUT2D eigenvalue weighted by atomic mass is 35.5. The van der Waals surface area contributed by atoms with Crippen LogP contribution in [0.15, 0.2) is 18.2 Å². The van der Waals surface area contributed by atoms with Crippen molar-refractivity contribution in [2.24, 2.45) is 0 Å². The lowest BCUT2D eigenvalue weighted by Crippen LogP contribution is -2.40. The summed E-state index contributed by atoms with van der Waals surface area (Å²) in [6.45, 7) is 2.93. The zero-order valence-electron chi connectivity index (χ0n) is 11.5. The maximum absolute atomic E-state index is 13.4. The van der Waals surface area contributed by atoms with Crippen LogP contribution in [0, 0.1) is 5.82 Å². The molecule has 2 rings (SSSR count). The van der Waals surface area contributed by atoms with Crippen LogP contribution in [-0.4, -0.2) is 31.1 Å². The number of hydrogen-bond acceptors (Lipinski definition) is 2. The molecule has 1 aromatic carbocycles. The fraction of sp³-hybridized carbons (Fsp3) is 0.600. The minimum atomic E-state index is -0.244. The molecule has 0 radical (unpaired) electrons. The molecule has 0 spiro atoms. The summed E-state index contributed by atoms with van der Waals surface area (Å²) in [4.78, 5) is 2.46. The molecule has 1 heterocycles. The minimum absolute atomic E-state index is 0.244. The van der Waals surface area contributed by atoms with Gasteiger partial charge in [-0.25, -0.2) is 4.39 Å². The summed E-state index contributed by atoms with van der Waals surface area (Å²) in [6.07, 6.45) is 4.93. The lowest BCUT2D eigenvalue weighted by atomic mass is 9.98. The smallest absolute Gasteiger partial charge is 0.125 e. The zero-order chi connectivity index (χ0) is 13.7. The minimum Gasteiger partial charge on any atom is -0.320 e. The lowest BCUT2D eigenvalue weighted by molar-refractivity contribution is 0.132. The van der Waals surface area contributed by atoms with Gasteiger partial charge in [-0.05, 0) is 63.2 Å². The Hall–Kier alpha value is -0.640. The summed E-state index contributed by atoms with van der Waals surface area (Å²) in [6, 6.07) is 5.42. The van der Waals surface area contributed by atoms with Gasteiger partial charge in [-0.15, -0.1) is 0 Å².